The number of hydrogen-bond acceptors (Lipinski definition) is 5. The van der Waals surface area contributed by atoms with Crippen molar-refractivity contribution in [1.82, 2.24) is 15.5 Å². The van der Waals surface area contributed by atoms with Gasteiger partial charge in [-0.3, -0.25) is 0 Å². The van der Waals surface area contributed by atoms with Crippen LogP contribution in [0.25, 0.3) is 11.4 Å². The minimum absolute atomic E-state index is 0.303. The number of aromatic nitrogens is 2. The maximum Gasteiger partial charge on any atom is 0.240 e. The van der Waals surface area contributed by atoms with E-state index in [9.17, 15) is 4.39 Å². The Morgan fingerprint density at radius 3 is 3.00 bits per heavy atom. The van der Waals surface area contributed by atoms with Gasteiger partial charge in [-0.2, -0.15) is 4.98 Å². The van der Waals surface area contributed by atoms with E-state index in [0.29, 0.717) is 23.8 Å². The smallest absolute Gasteiger partial charge is 0.240 e. The Morgan fingerprint density at radius 2 is 2.29 bits per heavy atom. The summed E-state index contributed by atoms with van der Waals surface area (Å²) in [6, 6.07) is 3.95. The lowest BCUT2D eigenvalue weighted by atomic mass is 10.2. The molecule has 2 N–H and O–H groups in total. The topological polar surface area (TPSA) is 71.2 Å². The average molecular weight is 237 g/mol. The first-order chi connectivity index (χ1) is 8.20. The van der Waals surface area contributed by atoms with Crippen LogP contribution in [0.5, 0.6) is 5.75 Å². The molecule has 2 aromatic rings. The maximum atomic E-state index is 13.1. The Kier molecular flexibility index (Phi) is 3.34. The number of nitrogens with zero attached hydrogens (tertiary/aromatic N) is 2. The van der Waals surface area contributed by atoms with E-state index in [1.54, 1.807) is 0 Å². The first-order valence-electron chi connectivity index (χ1n) is 5.23. The lowest BCUT2D eigenvalue weighted by molar-refractivity contribution is 0.369. The van der Waals surface area contributed by atoms with Crippen molar-refractivity contribution in [3.8, 4) is 17.1 Å². The number of hydrogen-bond donors (Lipinski definition) is 2. The Balaban J connectivity index is 2.21. The van der Waals surface area contributed by atoms with Crippen LogP contribution in [0, 0.1) is 5.82 Å². The zero-order valence-electron chi connectivity index (χ0n) is 9.27. The van der Waals surface area contributed by atoms with Crippen molar-refractivity contribution in [3.63, 3.8) is 0 Å². The molecule has 0 aliphatic heterocycles. The van der Waals surface area contributed by atoms with Crippen LogP contribution in [-0.2, 0) is 6.54 Å². The number of aromatic hydroxyl groups is 1. The van der Waals surface area contributed by atoms with E-state index in [0.717, 1.165) is 12.6 Å². The van der Waals surface area contributed by atoms with Gasteiger partial charge in [0.1, 0.15) is 0 Å². The fourth-order valence-electron chi connectivity index (χ4n) is 1.32. The molecule has 0 saturated heterocycles. The summed E-state index contributed by atoms with van der Waals surface area (Å²) in [5.74, 6) is -0.363. The van der Waals surface area contributed by atoms with Crippen molar-refractivity contribution >= 4 is 0 Å². The molecule has 6 heteroatoms. The molecular weight excluding hydrogens is 225 g/mol. The highest BCUT2D eigenvalue weighted by Crippen LogP contribution is 2.22. The van der Waals surface area contributed by atoms with E-state index >= 15 is 0 Å². The zero-order chi connectivity index (χ0) is 12.3. The van der Waals surface area contributed by atoms with Crippen LogP contribution in [0.15, 0.2) is 22.7 Å². The second-order valence-electron chi connectivity index (χ2n) is 3.46. The summed E-state index contributed by atoms with van der Waals surface area (Å²) in [7, 11) is 0. The fourth-order valence-corrected chi connectivity index (χ4v) is 1.32. The molecule has 0 amide bonds. The predicted octanol–water partition coefficient (Wildman–Crippen LogP) is 1.69. The predicted molar refractivity (Wildman–Crippen MR) is 58.7 cm³/mol. The first kappa shape index (κ1) is 11.5. The minimum atomic E-state index is -0.708. The molecule has 0 saturated carbocycles. The molecule has 17 heavy (non-hydrogen) atoms. The van der Waals surface area contributed by atoms with Gasteiger partial charge in [-0.05, 0) is 24.7 Å². The lowest BCUT2D eigenvalue weighted by Crippen LogP contribution is -2.11. The molecule has 1 heterocycles. The molecule has 0 spiro atoms. The van der Waals surface area contributed by atoms with Crippen molar-refractivity contribution in [2.75, 3.05) is 6.54 Å². The second-order valence-corrected chi connectivity index (χ2v) is 3.46. The van der Waals surface area contributed by atoms with E-state index < -0.39 is 11.6 Å². The van der Waals surface area contributed by atoms with Gasteiger partial charge in [-0.1, -0.05) is 12.1 Å². The van der Waals surface area contributed by atoms with E-state index in [2.05, 4.69) is 15.5 Å². The molecular formula is C11H12FN3O2. The Labute approximate surface area is 97.3 Å². The van der Waals surface area contributed by atoms with Gasteiger partial charge in [0.2, 0.25) is 11.7 Å². The fraction of sp³-hybridized carbons (Fsp3) is 0.273. The third kappa shape index (κ3) is 2.59. The molecule has 0 radical (unpaired) electrons. The molecule has 0 aliphatic rings. The van der Waals surface area contributed by atoms with Crippen molar-refractivity contribution < 1.29 is 14.0 Å². The summed E-state index contributed by atoms with van der Waals surface area (Å²) in [5.41, 5.74) is 0.465. The van der Waals surface area contributed by atoms with Crippen molar-refractivity contribution in [1.29, 1.82) is 0 Å². The molecule has 0 bridgehead atoms. The van der Waals surface area contributed by atoms with Crippen LogP contribution in [0.3, 0.4) is 0 Å². The summed E-state index contributed by atoms with van der Waals surface area (Å²) in [4.78, 5) is 4.10. The van der Waals surface area contributed by atoms with Gasteiger partial charge >= 0.3 is 0 Å². The quantitative estimate of drug-likeness (QED) is 0.846. The number of halogens is 1. The molecule has 90 valence electrons. The molecule has 1 aromatic carbocycles. The first-order valence-corrected chi connectivity index (χ1v) is 5.23. The molecule has 1 aromatic heterocycles. The summed E-state index contributed by atoms with van der Waals surface area (Å²) < 4.78 is 18.1. The minimum Gasteiger partial charge on any atom is -0.505 e. The molecule has 2 rings (SSSR count). The highest BCUT2D eigenvalue weighted by Gasteiger charge is 2.10. The standard InChI is InChI=1S/C11H12FN3O2/c1-2-13-6-10-14-11(15-17-10)7-3-4-9(16)8(12)5-7/h3-5,13,16H,2,6H2,1H3. The van der Waals surface area contributed by atoms with E-state index in [4.69, 9.17) is 9.63 Å². The Morgan fingerprint density at radius 1 is 1.47 bits per heavy atom. The van der Waals surface area contributed by atoms with Crippen LogP contribution in [-0.4, -0.2) is 21.8 Å². The summed E-state index contributed by atoms with van der Waals surface area (Å²) in [6.45, 7) is 3.24. The van der Waals surface area contributed by atoms with E-state index in [1.807, 2.05) is 6.92 Å². The largest absolute Gasteiger partial charge is 0.505 e. The zero-order valence-corrected chi connectivity index (χ0v) is 9.27. The van der Waals surface area contributed by atoms with Gasteiger partial charge in [0.25, 0.3) is 0 Å². The monoisotopic (exact) mass is 237 g/mol. The van der Waals surface area contributed by atoms with Gasteiger partial charge in [0.05, 0.1) is 6.54 Å². The van der Waals surface area contributed by atoms with Crippen LogP contribution in [0.1, 0.15) is 12.8 Å². The van der Waals surface area contributed by atoms with Gasteiger partial charge in [-0.25, -0.2) is 4.39 Å². The number of nitrogens with one attached hydrogen (secondary N) is 1. The van der Waals surface area contributed by atoms with Crippen LogP contribution >= 0.6 is 0 Å². The number of rotatable bonds is 4. The maximum absolute atomic E-state index is 13.1. The van der Waals surface area contributed by atoms with Crippen molar-refractivity contribution in [2.45, 2.75) is 13.5 Å². The molecule has 0 unspecified atom stereocenters. The molecule has 5 nitrogen and oxygen atoms in total. The Bertz CT molecular complexity index is 513. The SMILES string of the molecule is CCNCc1nc(-c2ccc(O)c(F)c2)no1. The number of benzene rings is 1. The van der Waals surface area contributed by atoms with Gasteiger partial charge in [0.15, 0.2) is 11.6 Å². The highest BCUT2D eigenvalue weighted by molar-refractivity contribution is 5.55. The van der Waals surface area contributed by atoms with Gasteiger partial charge in [-0.15, -0.1) is 0 Å². The van der Waals surface area contributed by atoms with Crippen LogP contribution < -0.4 is 5.32 Å². The molecule has 0 fully saturated rings. The highest BCUT2D eigenvalue weighted by atomic mass is 19.1. The number of phenolic OH excluding ortho intramolecular Hbond substituents is 1. The average Bonchev–Trinajstić information content (AvgIpc) is 2.79. The molecule has 0 atom stereocenters. The summed E-state index contributed by atoms with van der Waals surface area (Å²) in [5, 5.41) is 15.8. The van der Waals surface area contributed by atoms with Crippen molar-refractivity contribution in [3.05, 3.63) is 29.9 Å². The van der Waals surface area contributed by atoms with E-state index in [1.165, 1.54) is 12.1 Å². The normalized spacial score (nSPS) is 10.7. The van der Waals surface area contributed by atoms with Gasteiger partial charge < -0.3 is 14.9 Å². The van der Waals surface area contributed by atoms with Crippen LogP contribution in [0.4, 0.5) is 4.39 Å². The Hall–Kier alpha value is -1.95. The number of phenols is 1. The molecule has 0 aliphatic carbocycles. The van der Waals surface area contributed by atoms with Crippen molar-refractivity contribution in [2.24, 2.45) is 0 Å². The van der Waals surface area contributed by atoms with Crippen LogP contribution in [0.2, 0.25) is 0 Å². The lowest BCUT2D eigenvalue weighted by Gasteiger charge is -1.96. The summed E-state index contributed by atoms with van der Waals surface area (Å²) >= 11 is 0. The second kappa shape index (κ2) is 4.92. The summed E-state index contributed by atoms with van der Waals surface area (Å²) in [6.07, 6.45) is 0. The third-order valence-electron chi connectivity index (χ3n) is 2.20. The third-order valence-corrected chi connectivity index (χ3v) is 2.20. The van der Waals surface area contributed by atoms with Gasteiger partial charge in [0, 0.05) is 5.56 Å². The van der Waals surface area contributed by atoms with E-state index in [-0.39, 0.29) is 0 Å².